The van der Waals surface area contributed by atoms with Crippen molar-refractivity contribution in [1.29, 1.82) is 0 Å². The van der Waals surface area contributed by atoms with Gasteiger partial charge in [-0.2, -0.15) is 9.49 Å². The van der Waals surface area contributed by atoms with Crippen LogP contribution in [0.2, 0.25) is 0 Å². The number of nitrogens with one attached hydrogen (secondary N) is 1. The Morgan fingerprint density at radius 1 is 1.28 bits per heavy atom. The number of benzene rings is 1. The average molecular weight is 254 g/mol. The predicted molar refractivity (Wildman–Crippen MR) is 57.6 cm³/mol. The molecule has 3 rings (SSSR count). The van der Waals surface area contributed by atoms with Crippen molar-refractivity contribution in [2.75, 3.05) is 6.61 Å². The zero-order chi connectivity index (χ0) is 12.8. The van der Waals surface area contributed by atoms with E-state index in [1.807, 2.05) is 0 Å². The van der Waals surface area contributed by atoms with Crippen LogP contribution in [0.25, 0.3) is 11.3 Å². The maximum absolute atomic E-state index is 13.1. The molecule has 0 bridgehead atoms. The summed E-state index contributed by atoms with van der Waals surface area (Å²) < 4.78 is 43.8. The van der Waals surface area contributed by atoms with Gasteiger partial charge in [0.2, 0.25) is 5.95 Å². The molecule has 1 saturated heterocycles. The third-order valence-electron chi connectivity index (χ3n) is 2.88. The fraction of sp³-hybridized carbons (Fsp3) is 0.250. The molecule has 0 aliphatic carbocycles. The first-order valence-electron chi connectivity index (χ1n) is 5.37. The number of hydrogen-bond acceptors (Lipinski definition) is 2. The maximum Gasteiger partial charge on any atom is 0.300 e. The number of aromatic amines is 1. The minimum absolute atomic E-state index is 0.408. The second kappa shape index (κ2) is 3.84. The highest BCUT2D eigenvalue weighted by atomic mass is 19.3. The highest BCUT2D eigenvalue weighted by Gasteiger charge is 2.50. The van der Waals surface area contributed by atoms with Crippen LogP contribution in [0.5, 0.6) is 0 Å². The van der Waals surface area contributed by atoms with E-state index in [0.717, 1.165) is 0 Å². The van der Waals surface area contributed by atoms with Crippen LogP contribution >= 0.6 is 0 Å². The zero-order valence-corrected chi connectivity index (χ0v) is 9.16. The number of H-pyrrole nitrogens is 1. The van der Waals surface area contributed by atoms with Crippen molar-refractivity contribution < 1.29 is 17.9 Å². The van der Waals surface area contributed by atoms with E-state index in [2.05, 4.69) is 10.2 Å². The summed E-state index contributed by atoms with van der Waals surface area (Å²) in [6.07, 6.45) is -1.18. The Kier molecular flexibility index (Phi) is 2.41. The van der Waals surface area contributed by atoms with Gasteiger partial charge in [-0.1, -0.05) is 24.3 Å². The normalized spacial score (nSPS) is 21.6. The molecule has 1 fully saturated rings. The Morgan fingerprint density at radius 2 is 2.00 bits per heavy atom. The molecule has 0 spiro atoms. The van der Waals surface area contributed by atoms with Gasteiger partial charge in [-0.15, -0.1) is 0 Å². The van der Waals surface area contributed by atoms with Gasteiger partial charge < -0.3 is 4.74 Å². The van der Waals surface area contributed by atoms with E-state index in [9.17, 15) is 13.2 Å². The highest BCUT2D eigenvalue weighted by Crippen LogP contribution is 2.43. The van der Waals surface area contributed by atoms with Crippen LogP contribution < -0.4 is 0 Å². The van der Waals surface area contributed by atoms with E-state index in [4.69, 9.17) is 4.74 Å². The molecule has 0 radical (unpaired) electrons. The van der Waals surface area contributed by atoms with Crippen molar-refractivity contribution in [3.8, 4) is 11.3 Å². The molecular weight excluding hydrogens is 245 g/mol. The first kappa shape index (κ1) is 11.3. The molecule has 6 heteroatoms. The van der Waals surface area contributed by atoms with E-state index in [1.165, 1.54) is 6.07 Å². The summed E-state index contributed by atoms with van der Waals surface area (Å²) in [6, 6.07) is 7.55. The molecule has 2 aromatic rings. The van der Waals surface area contributed by atoms with E-state index in [0.29, 0.717) is 16.8 Å². The van der Waals surface area contributed by atoms with Crippen molar-refractivity contribution in [2.45, 2.75) is 12.0 Å². The van der Waals surface area contributed by atoms with Crippen LogP contribution in [0.1, 0.15) is 11.7 Å². The van der Waals surface area contributed by atoms with Crippen molar-refractivity contribution in [1.82, 2.24) is 10.2 Å². The molecule has 1 aromatic heterocycles. The zero-order valence-electron chi connectivity index (χ0n) is 9.16. The molecule has 0 amide bonds. The lowest BCUT2D eigenvalue weighted by molar-refractivity contribution is -0.268. The third-order valence-corrected chi connectivity index (χ3v) is 2.88. The van der Waals surface area contributed by atoms with Gasteiger partial charge in [0.15, 0.2) is 0 Å². The molecule has 1 unspecified atom stereocenters. The lowest BCUT2D eigenvalue weighted by Crippen LogP contribution is -2.44. The van der Waals surface area contributed by atoms with Crippen molar-refractivity contribution in [3.05, 3.63) is 41.8 Å². The second-order valence-electron chi connectivity index (χ2n) is 4.18. The number of nitrogens with zero attached hydrogens (tertiary/aromatic N) is 1. The van der Waals surface area contributed by atoms with Crippen molar-refractivity contribution >= 4 is 0 Å². The summed E-state index contributed by atoms with van der Waals surface area (Å²) in [5.74, 6) is -3.34. The number of alkyl halides is 2. The minimum atomic E-state index is -2.81. The van der Waals surface area contributed by atoms with Crippen LogP contribution in [-0.4, -0.2) is 22.7 Å². The van der Waals surface area contributed by atoms with Gasteiger partial charge in [0.05, 0.1) is 5.69 Å². The molecule has 94 valence electrons. The highest BCUT2D eigenvalue weighted by molar-refractivity contribution is 5.59. The van der Waals surface area contributed by atoms with Gasteiger partial charge >= 0.3 is 5.92 Å². The van der Waals surface area contributed by atoms with Gasteiger partial charge in [-0.05, 0) is 5.56 Å². The second-order valence-corrected chi connectivity index (χ2v) is 4.18. The van der Waals surface area contributed by atoms with Gasteiger partial charge in [-0.3, -0.25) is 5.10 Å². The summed E-state index contributed by atoms with van der Waals surface area (Å²) in [7, 11) is 0. The summed E-state index contributed by atoms with van der Waals surface area (Å²) >= 11 is 0. The first-order valence-corrected chi connectivity index (χ1v) is 5.37. The Morgan fingerprint density at radius 3 is 2.44 bits per heavy atom. The molecular formula is C12H9F3N2O. The summed E-state index contributed by atoms with van der Waals surface area (Å²) in [5, 5.41) is 5.92. The first-order chi connectivity index (χ1) is 8.56. The molecule has 0 saturated carbocycles. The number of ether oxygens (including phenoxy) is 1. The molecule has 1 aromatic carbocycles. The third kappa shape index (κ3) is 1.78. The lowest BCUT2D eigenvalue weighted by atomic mass is 9.98. The molecule has 3 nitrogen and oxygen atoms in total. The topological polar surface area (TPSA) is 37.9 Å². The van der Waals surface area contributed by atoms with Gasteiger partial charge in [-0.25, -0.2) is 8.78 Å². The number of aromatic nitrogens is 2. The monoisotopic (exact) mass is 254 g/mol. The van der Waals surface area contributed by atoms with E-state index in [-0.39, 0.29) is 0 Å². The Labute approximate surface area is 101 Å². The number of halogens is 3. The minimum Gasteiger partial charge on any atom is -0.361 e. The standard InChI is InChI=1S/C12H9F3N2O/c13-10-5-9(16-17-10)7-1-3-8(4-2-7)11-12(14,15)6-18-11/h1-5,11H,6H2,(H,16,17). The van der Waals surface area contributed by atoms with E-state index >= 15 is 0 Å². The lowest BCUT2D eigenvalue weighted by Gasteiger charge is -2.36. The average Bonchev–Trinajstić information content (AvgIpc) is 2.76. The fourth-order valence-corrected chi connectivity index (χ4v) is 1.91. The van der Waals surface area contributed by atoms with Crippen LogP contribution in [0, 0.1) is 5.95 Å². The predicted octanol–water partition coefficient (Wildman–Crippen LogP) is 2.92. The fourth-order valence-electron chi connectivity index (χ4n) is 1.91. The Balaban J connectivity index is 1.85. The van der Waals surface area contributed by atoms with Crippen LogP contribution in [0.3, 0.4) is 0 Å². The van der Waals surface area contributed by atoms with Crippen molar-refractivity contribution in [2.24, 2.45) is 0 Å². The smallest absolute Gasteiger partial charge is 0.300 e. The van der Waals surface area contributed by atoms with E-state index < -0.39 is 24.6 Å². The largest absolute Gasteiger partial charge is 0.361 e. The van der Waals surface area contributed by atoms with Crippen LogP contribution in [0.4, 0.5) is 13.2 Å². The Bertz CT molecular complexity index is 565. The summed E-state index contributed by atoms with van der Waals surface area (Å²) in [5.41, 5.74) is 1.49. The quantitative estimate of drug-likeness (QED) is 0.894. The van der Waals surface area contributed by atoms with Crippen molar-refractivity contribution in [3.63, 3.8) is 0 Å². The summed E-state index contributed by atoms with van der Waals surface area (Å²) in [4.78, 5) is 0. The van der Waals surface area contributed by atoms with Crippen LogP contribution in [-0.2, 0) is 4.74 Å². The molecule has 2 heterocycles. The maximum atomic E-state index is 13.1. The molecule has 1 aliphatic heterocycles. The SMILES string of the molecule is Fc1cc(-c2ccc(C3OCC3(F)F)cc2)n[nH]1. The summed E-state index contributed by atoms with van der Waals surface area (Å²) in [6.45, 7) is -0.538. The van der Waals surface area contributed by atoms with Gasteiger partial charge in [0.25, 0.3) is 0 Å². The molecule has 1 N–H and O–H groups in total. The van der Waals surface area contributed by atoms with Crippen LogP contribution in [0.15, 0.2) is 30.3 Å². The van der Waals surface area contributed by atoms with Gasteiger partial charge in [0, 0.05) is 11.6 Å². The molecule has 1 aliphatic rings. The van der Waals surface area contributed by atoms with Gasteiger partial charge in [0.1, 0.15) is 12.7 Å². The van der Waals surface area contributed by atoms with E-state index in [1.54, 1.807) is 24.3 Å². The number of hydrogen-bond donors (Lipinski definition) is 1. The number of rotatable bonds is 2. The Hall–Kier alpha value is -1.82. The molecule has 18 heavy (non-hydrogen) atoms. The molecule has 1 atom stereocenters.